The fourth-order valence-corrected chi connectivity index (χ4v) is 5.37. The van der Waals surface area contributed by atoms with E-state index in [-0.39, 0.29) is 11.5 Å². The average Bonchev–Trinajstić information content (AvgIpc) is 2.87. The molecule has 178 valence electrons. The molecule has 36 heavy (non-hydrogen) atoms. The zero-order chi connectivity index (χ0) is 25.4. The summed E-state index contributed by atoms with van der Waals surface area (Å²) < 4.78 is 3.72. The first kappa shape index (κ1) is 25.3. The van der Waals surface area contributed by atoms with Gasteiger partial charge in [-0.2, -0.15) is 0 Å². The Labute approximate surface area is 243 Å². The number of aromatic hydroxyl groups is 2. The highest BCUT2D eigenvalue weighted by Crippen LogP contribution is 2.55. The van der Waals surface area contributed by atoms with Crippen LogP contribution in [0.15, 0.2) is 115 Å². The molecule has 0 heterocycles. The van der Waals surface area contributed by atoms with Crippen LogP contribution in [0.1, 0.15) is 0 Å². The summed E-state index contributed by atoms with van der Waals surface area (Å²) in [5, 5.41) is 24.0. The summed E-state index contributed by atoms with van der Waals surface area (Å²) in [5.41, 5.74) is 5.47. The van der Waals surface area contributed by atoms with E-state index in [1.54, 1.807) is 0 Å². The van der Waals surface area contributed by atoms with Crippen molar-refractivity contribution < 1.29 is 10.2 Å². The van der Waals surface area contributed by atoms with Crippen LogP contribution in [0.3, 0.4) is 0 Å². The highest BCUT2D eigenvalue weighted by molar-refractivity contribution is 9.11. The van der Waals surface area contributed by atoms with Gasteiger partial charge in [0.2, 0.25) is 0 Å². The zero-order valence-electron chi connectivity index (χ0n) is 18.6. The first-order valence-electron chi connectivity index (χ1n) is 11.0. The Morgan fingerprint density at radius 1 is 0.306 bits per heavy atom. The predicted molar refractivity (Wildman–Crippen MR) is 162 cm³/mol. The van der Waals surface area contributed by atoms with Crippen molar-refractivity contribution in [2.24, 2.45) is 0 Å². The van der Waals surface area contributed by atoms with Crippen LogP contribution < -0.4 is 0 Å². The zero-order valence-corrected chi connectivity index (χ0v) is 25.0. The molecule has 5 aromatic carbocycles. The van der Waals surface area contributed by atoms with Crippen LogP contribution in [-0.2, 0) is 0 Å². The van der Waals surface area contributed by atoms with Gasteiger partial charge < -0.3 is 10.2 Å². The number of phenols is 2. The molecule has 0 spiro atoms. The van der Waals surface area contributed by atoms with Gasteiger partial charge in [-0.1, -0.05) is 112 Å². The molecule has 0 bridgehead atoms. The van der Waals surface area contributed by atoms with E-state index in [1.165, 1.54) is 0 Å². The molecule has 0 unspecified atom stereocenters. The van der Waals surface area contributed by atoms with Gasteiger partial charge in [0.25, 0.3) is 0 Å². The molecule has 5 aromatic rings. The summed E-state index contributed by atoms with van der Waals surface area (Å²) in [6.07, 6.45) is 0. The molecule has 0 radical (unpaired) electrons. The molecule has 0 atom stereocenters. The van der Waals surface area contributed by atoms with E-state index in [0.717, 1.165) is 40.1 Å². The Balaban J connectivity index is 1.94. The molecule has 0 aromatic heterocycles. The van der Waals surface area contributed by atoms with Crippen LogP contribution in [0.5, 0.6) is 11.5 Å². The summed E-state index contributed by atoms with van der Waals surface area (Å²) in [7, 11) is 0. The van der Waals surface area contributed by atoms with Crippen molar-refractivity contribution in [1.29, 1.82) is 0 Å². The van der Waals surface area contributed by atoms with Gasteiger partial charge in [-0.3, -0.25) is 0 Å². The van der Waals surface area contributed by atoms with Crippen LogP contribution in [0, 0.1) is 0 Å². The molecule has 5 rings (SSSR count). The van der Waals surface area contributed by atoms with Gasteiger partial charge in [0.15, 0.2) is 0 Å². The molecule has 0 aliphatic carbocycles. The van der Waals surface area contributed by atoms with Crippen molar-refractivity contribution in [2.75, 3.05) is 0 Å². The third-order valence-electron chi connectivity index (χ3n) is 5.98. The molecule has 6 heteroatoms. The van der Waals surface area contributed by atoms with E-state index >= 15 is 0 Å². The Morgan fingerprint density at radius 2 is 0.472 bits per heavy atom. The minimum absolute atomic E-state index is 0.105. The minimum Gasteiger partial charge on any atom is -0.507 e. The van der Waals surface area contributed by atoms with E-state index < -0.39 is 0 Å². The van der Waals surface area contributed by atoms with Crippen molar-refractivity contribution in [2.45, 2.75) is 0 Å². The number of rotatable bonds is 4. The fraction of sp³-hybridized carbons (Fsp3) is 0. The number of halogens is 4. The number of benzene rings is 5. The lowest BCUT2D eigenvalue weighted by atomic mass is 9.83. The fourth-order valence-electron chi connectivity index (χ4n) is 4.31. The molecule has 0 aliphatic rings. The van der Waals surface area contributed by atoms with E-state index in [9.17, 15) is 10.2 Å². The lowest BCUT2D eigenvalue weighted by Gasteiger charge is -2.23. The largest absolute Gasteiger partial charge is 0.507 e. The predicted octanol–water partition coefficient (Wildman–Crippen LogP) is 10.8. The molecule has 0 aliphatic heterocycles. The second-order valence-corrected chi connectivity index (χ2v) is 11.9. The van der Waals surface area contributed by atoms with Gasteiger partial charge in [0.05, 0.1) is 0 Å². The van der Waals surface area contributed by atoms with Gasteiger partial charge in [-0.05, 0) is 70.8 Å². The molecule has 2 N–H and O–H groups in total. The van der Waals surface area contributed by atoms with Gasteiger partial charge >= 0.3 is 0 Å². The van der Waals surface area contributed by atoms with Gasteiger partial charge in [-0.25, -0.2) is 0 Å². The van der Waals surface area contributed by atoms with Gasteiger partial charge in [0.1, 0.15) is 11.5 Å². The van der Waals surface area contributed by atoms with Crippen molar-refractivity contribution in [3.8, 4) is 56.0 Å². The third kappa shape index (κ3) is 4.92. The highest BCUT2D eigenvalue weighted by atomic mass is 79.9. The van der Waals surface area contributed by atoms with Crippen LogP contribution in [0.25, 0.3) is 44.5 Å². The normalized spacial score (nSPS) is 11.0. The second kappa shape index (κ2) is 10.5. The quantitative estimate of drug-likeness (QED) is 0.181. The summed E-state index contributed by atoms with van der Waals surface area (Å²) >= 11 is 14.0. The molecular formula is C30H18Br4O2. The number of hydrogen-bond acceptors (Lipinski definition) is 2. The van der Waals surface area contributed by atoms with E-state index in [0.29, 0.717) is 22.3 Å². The maximum atomic E-state index is 12.0. The first-order valence-corrected chi connectivity index (χ1v) is 14.2. The third-order valence-corrected chi connectivity index (χ3v) is 8.09. The lowest BCUT2D eigenvalue weighted by molar-refractivity contribution is 0.467. The monoisotopic (exact) mass is 726 g/mol. The SMILES string of the molecule is Oc1c(-c2ccc(Br)cc2)c(-c2ccc(Br)cc2)c(O)c(-c2ccc(Br)cc2)c1-c1ccc(Br)cc1. The summed E-state index contributed by atoms with van der Waals surface area (Å²) in [4.78, 5) is 0. The minimum atomic E-state index is 0.105. The van der Waals surface area contributed by atoms with Crippen LogP contribution in [0.2, 0.25) is 0 Å². The standard InChI is InChI=1S/C30H18Br4O2/c31-21-9-1-17(2-10-21)25-26(18-3-11-22(32)12-4-18)30(36)28(20-7-15-24(34)16-8-20)27(29(25)35)19-5-13-23(33)14-6-19/h1-16,35-36H. The molecule has 2 nitrogen and oxygen atoms in total. The number of hydrogen-bond donors (Lipinski definition) is 2. The summed E-state index contributed by atoms with van der Waals surface area (Å²) in [5.74, 6) is 0.210. The van der Waals surface area contributed by atoms with E-state index in [2.05, 4.69) is 63.7 Å². The molecule has 0 amide bonds. The highest BCUT2D eigenvalue weighted by Gasteiger charge is 2.27. The molecule has 0 fully saturated rings. The maximum Gasteiger partial charge on any atom is 0.132 e. The molecular weight excluding hydrogens is 712 g/mol. The summed E-state index contributed by atoms with van der Waals surface area (Å²) in [6.45, 7) is 0. The Morgan fingerprint density at radius 3 is 0.639 bits per heavy atom. The topological polar surface area (TPSA) is 40.5 Å². The summed E-state index contributed by atoms with van der Waals surface area (Å²) in [6, 6.07) is 30.9. The van der Waals surface area contributed by atoms with E-state index in [1.807, 2.05) is 97.1 Å². The van der Waals surface area contributed by atoms with Crippen LogP contribution in [0.4, 0.5) is 0 Å². The van der Waals surface area contributed by atoms with Crippen molar-refractivity contribution in [1.82, 2.24) is 0 Å². The Kier molecular flexibility index (Phi) is 7.40. The van der Waals surface area contributed by atoms with Gasteiger partial charge in [-0.15, -0.1) is 0 Å². The van der Waals surface area contributed by atoms with Crippen molar-refractivity contribution >= 4 is 63.7 Å². The smallest absolute Gasteiger partial charge is 0.132 e. The first-order chi connectivity index (χ1) is 17.3. The maximum absolute atomic E-state index is 12.0. The lowest BCUT2D eigenvalue weighted by Crippen LogP contribution is -1.95. The average molecular weight is 730 g/mol. The van der Waals surface area contributed by atoms with Gasteiger partial charge in [0, 0.05) is 40.1 Å². The van der Waals surface area contributed by atoms with Crippen molar-refractivity contribution in [3.05, 3.63) is 115 Å². The molecule has 0 saturated heterocycles. The second-order valence-electron chi connectivity index (χ2n) is 8.22. The number of phenolic OH excluding ortho intramolecular Hbond substituents is 2. The van der Waals surface area contributed by atoms with E-state index in [4.69, 9.17) is 0 Å². The Bertz CT molecular complexity index is 1310. The Hall–Kier alpha value is -2.38. The van der Waals surface area contributed by atoms with Crippen LogP contribution >= 0.6 is 63.7 Å². The van der Waals surface area contributed by atoms with Crippen LogP contribution in [-0.4, -0.2) is 10.2 Å². The van der Waals surface area contributed by atoms with Crippen molar-refractivity contribution in [3.63, 3.8) is 0 Å². The molecule has 0 saturated carbocycles.